The molecule has 1 aliphatic carbocycles. The van der Waals surface area contributed by atoms with Gasteiger partial charge < -0.3 is 10.6 Å². The average molecular weight is 311 g/mol. The molecule has 6 heteroatoms. The summed E-state index contributed by atoms with van der Waals surface area (Å²) in [5, 5.41) is 11.4. The van der Waals surface area contributed by atoms with Crippen LogP contribution in [0.25, 0.3) is 0 Å². The molecule has 2 N–H and O–H groups in total. The fraction of sp³-hybridized carbons (Fsp3) is 0.733. The van der Waals surface area contributed by atoms with Crippen LogP contribution < -0.4 is 16.2 Å². The third-order valence-electron chi connectivity index (χ3n) is 4.79. The van der Waals surface area contributed by atoms with Crippen LogP contribution in [0, 0.1) is 5.92 Å². The lowest BCUT2D eigenvalue weighted by Gasteiger charge is -2.36. The predicted octanol–water partition coefficient (Wildman–Crippen LogP) is 2.25. The fourth-order valence-corrected chi connectivity index (χ4v) is 3.21. The Morgan fingerprint density at radius 2 is 2.19 bits per heavy atom. The highest BCUT2D eigenvalue weighted by atomic mass is 35.5. The van der Waals surface area contributed by atoms with Gasteiger partial charge in [0.15, 0.2) is 0 Å². The summed E-state index contributed by atoms with van der Waals surface area (Å²) in [6.07, 6.45) is 7.21. The Morgan fingerprint density at radius 3 is 2.81 bits per heavy atom. The zero-order chi connectivity index (χ0) is 14.9. The molecule has 0 atom stereocenters. The summed E-state index contributed by atoms with van der Waals surface area (Å²) in [4.78, 5) is 12.6. The first-order valence-corrected chi connectivity index (χ1v) is 8.20. The number of anilines is 1. The van der Waals surface area contributed by atoms with E-state index in [0.29, 0.717) is 23.2 Å². The van der Waals surface area contributed by atoms with Crippen molar-refractivity contribution < 1.29 is 0 Å². The van der Waals surface area contributed by atoms with Crippen molar-refractivity contribution in [1.82, 2.24) is 15.1 Å². The monoisotopic (exact) mass is 310 g/mol. The Balaban J connectivity index is 1.82. The summed E-state index contributed by atoms with van der Waals surface area (Å²) in [7, 11) is 0. The van der Waals surface area contributed by atoms with E-state index in [-0.39, 0.29) is 11.1 Å². The first kappa shape index (κ1) is 14.9. The average Bonchev–Trinajstić information content (AvgIpc) is 2.41. The van der Waals surface area contributed by atoms with Crippen molar-refractivity contribution in [3.05, 3.63) is 21.6 Å². The van der Waals surface area contributed by atoms with Gasteiger partial charge in [-0.15, -0.1) is 0 Å². The van der Waals surface area contributed by atoms with Crippen molar-refractivity contribution in [2.75, 3.05) is 18.4 Å². The maximum atomic E-state index is 12.6. The molecule has 2 fully saturated rings. The Morgan fingerprint density at radius 1 is 1.48 bits per heavy atom. The predicted molar refractivity (Wildman–Crippen MR) is 85.0 cm³/mol. The van der Waals surface area contributed by atoms with Crippen LogP contribution in [0.4, 0.5) is 5.69 Å². The Hall–Kier alpha value is -1.07. The third kappa shape index (κ3) is 3.24. The third-order valence-corrected chi connectivity index (χ3v) is 5.07. The minimum atomic E-state index is -0.0887. The molecule has 0 aromatic carbocycles. The lowest BCUT2D eigenvalue weighted by Crippen LogP contribution is -2.46. The van der Waals surface area contributed by atoms with E-state index in [1.807, 2.05) is 0 Å². The van der Waals surface area contributed by atoms with Crippen LogP contribution in [0.3, 0.4) is 0 Å². The van der Waals surface area contributed by atoms with E-state index in [2.05, 4.69) is 22.7 Å². The first-order chi connectivity index (χ1) is 10.1. The second-order valence-corrected chi connectivity index (χ2v) is 6.99. The largest absolute Gasteiger partial charge is 0.374 e. The van der Waals surface area contributed by atoms with E-state index < -0.39 is 0 Å². The van der Waals surface area contributed by atoms with Crippen LogP contribution in [0.15, 0.2) is 11.0 Å². The molecule has 1 aromatic heterocycles. The van der Waals surface area contributed by atoms with Gasteiger partial charge in [-0.2, -0.15) is 5.10 Å². The summed E-state index contributed by atoms with van der Waals surface area (Å²) < 4.78 is 1.57. The number of halogens is 1. The van der Waals surface area contributed by atoms with Gasteiger partial charge in [0.25, 0.3) is 5.56 Å². The normalized spacial score (nSPS) is 21.8. The maximum Gasteiger partial charge on any atom is 0.291 e. The number of piperidine rings is 1. The van der Waals surface area contributed by atoms with Crippen molar-refractivity contribution >= 4 is 17.3 Å². The smallest absolute Gasteiger partial charge is 0.291 e. The van der Waals surface area contributed by atoms with Crippen LogP contribution in [-0.2, 0) is 6.54 Å². The van der Waals surface area contributed by atoms with Gasteiger partial charge in [0.1, 0.15) is 5.69 Å². The van der Waals surface area contributed by atoms with Gasteiger partial charge in [0, 0.05) is 12.1 Å². The number of nitrogens with zero attached hydrogens (tertiary/aromatic N) is 2. The zero-order valence-electron chi connectivity index (χ0n) is 12.5. The van der Waals surface area contributed by atoms with Crippen molar-refractivity contribution in [3.8, 4) is 0 Å². The summed E-state index contributed by atoms with van der Waals surface area (Å²) >= 11 is 6.21. The highest BCUT2D eigenvalue weighted by Crippen LogP contribution is 2.28. The highest BCUT2D eigenvalue weighted by Gasteiger charge is 2.29. The maximum absolute atomic E-state index is 12.6. The Labute approximate surface area is 130 Å². The summed E-state index contributed by atoms with van der Waals surface area (Å²) in [5.41, 5.74) is 0.341. The summed E-state index contributed by atoms with van der Waals surface area (Å²) in [6, 6.07) is 0. The van der Waals surface area contributed by atoms with Gasteiger partial charge in [-0.1, -0.05) is 18.0 Å². The molecule has 0 spiro atoms. The molecule has 0 amide bonds. The molecule has 1 saturated carbocycles. The molecule has 3 rings (SSSR count). The molecule has 2 heterocycles. The summed E-state index contributed by atoms with van der Waals surface area (Å²) in [6.45, 7) is 4.79. The Kier molecular flexibility index (Phi) is 4.22. The van der Waals surface area contributed by atoms with Crippen molar-refractivity contribution in [1.29, 1.82) is 0 Å². The van der Waals surface area contributed by atoms with E-state index in [1.165, 1.54) is 19.3 Å². The van der Waals surface area contributed by atoms with E-state index in [1.54, 1.807) is 10.9 Å². The van der Waals surface area contributed by atoms with E-state index in [4.69, 9.17) is 11.6 Å². The quantitative estimate of drug-likeness (QED) is 0.895. The van der Waals surface area contributed by atoms with Crippen molar-refractivity contribution in [3.63, 3.8) is 0 Å². The number of hydrogen-bond donors (Lipinski definition) is 2. The van der Waals surface area contributed by atoms with E-state index in [9.17, 15) is 4.79 Å². The van der Waals surface area contributed by atoms with E-state index >= 15 is 0 Å². The SMILES string of the molecule is CC1(Nc2c(Cl)cnn(CC3CCC3)c2=O)CCNCC1. The zero-order valence-corrected chi connectivity index (χ0v) is 13.2. The van der Waals surface area contributed by atoms with Crippen molar-refractivity contribution in [2.45, 2.75) is 51.1 Å². The molecule has 116 valence electrons. The molecule has 21 heavy (non-hydrogen) atoms. The van der Waals surface area contributed by atoms with Crippen LogP contribution in [0.1, 0.15) is 39.0 Å². The van der Waals surface area contributed by atoms with Gasteiger partial charge in [-0.05, 0) is 51.6 Å². The van der Waals surface area contributed by atoms with Crippen molar-refractivity contribution in [2.24, 2.45) is 5.92 Å². The highest BCUT2D eigenvalue weighted by molar-refractivity contribution is 6.33. The van der Waals surface area contributed by atoms with Crippen LogP contribution in [-0.4, -0.2) is 28.4 Å². The Bertz CT molecular complexity index is 561. The van der Waals surface area contributed by atoms with Gasteiger partial charge >= 0.3 is 0 Å². The molecular formula is C15H23ClN4O. The molecule has 0 bridgehead atoms. The minimum Gasteiger partial charge on any atom is -0.374 e. The molecule has 1 aromatic rings. The minimum absolute atomic E-state index is 0.0797. The summed E-state index contributed by atoms with van der Waals surface area (Å²) in [5.74, 6) is 0.596. The molecule has 5 nitrogen and oxygen atoms in total. The van der Waals surface area contributed by atoms with Gasteiger partial charge in [0.2, 0.25) is 0 Å². The number of nitrogens with one attached hydrogen (secondary N) is 2. The van der Waals surface area contributed by atoms with Gasteiger partial charge in [-0.3, -0.25) is 4.79 Å². The second kappa shape index (κ2) is 5.97. The van der Waals surface area contributed by atoms with Crippen LogP contribution >= 0.6 is 11.6 Å². The standard InChI is InChI=1S/C15H23ClN4O/c1-15(5-7-17-8-6-15)19-13-12(16)9-18-20(14(13)21)10-11-3-2-4-11/h9,11,17,19H,2-8,10H2,1H3. The van der Waals surface area contributed by atoms with E-state index in [0.717, 1.165) is 25.9 Å². The molecule has 0 radical (unpaired) electrons. The molecule has 1 aliphatic heterocycles. The molecule has 2 aliphatic rings. The molecule has 0 unspecified atom stereocenters. The van der Waals surface area contributed by atoms with Gasteiger partial charge in [-0.25, -0.2) is 4.68 Å². The first-order valence-electron chi connectivity index (χ1n) is 7.82. The number of hydrogen-bond acceptors (Lipinski definition) is 4. The molecular weight excluding hydrogens is 288 g/mol. The lowest BCUT2D eigenvalue weighted by atomic mass is 9.85. The fourth-order valence-electron chi connectivity index (χ4n) is 3.04. The van der Waals surface area contributed by atoms with Crippen LogP contribution in [0.2, 0.25) is 5.02 Å². The number of aromatic nitrogens is 2. The van der Waals surface area contributed by atoms with Crippen LogP contribution in [0.5, 0.6) is 0 Å². The second-order valence-electron chi connectivity index (χ2n) is 6.59. The lowest BCUT2D eigenvalue weighted by molar-refractivity contribution is 0.261. The number of rotatable bonds is 4. The molecule has 1 saturated heterocycles. The topological polar surface area (TPSA) is 59.0 Å². The van der Waals surface area contributed by atoms with Gasteiger partial charge in [0.05, 0.1) is 11.2 Å².